The fourth-order valence-electron chi connectivity index (χ4n) is 3.41. The molecule has 0 spiro atoms. The van der Waals surface area contributed by atoms with Gasteiger partial charge >= 0.3 is 0 Å². The first-order valence-corrected chi connectivity index (χ1v) is 9.18. The Labute approximate surface area is 149 Å². The largest absolute Gasteiger partial charge is 0.379 e. The Balaban J connectivity index is 1.67. The van der Waals surface area contributed by atoms with Crippen LogP contribution >= 0.6 is 0 Å². The van der Waals surface area contributed by atoms with Crippen molar-refractivity contribution in [2.45, 2.75) is 38.0 Å². The summed E-state index contributed by atoms with van der Waals surface area (Å²) in [5, 5.41) is 3.20. The van der Waals surface area contributed by atoms with Gasteiger partial charge in [0.1, 0.15) is 6.10 Å². The van der Waals surface area contributed by atoms with E-state index in [0.717, 1.165) is 51.3 Å². The quantitative estimate of drug-likeness (QED) is 0.803. The number of benzene rings is 1. The molecule has 1 aromatic carbocycles. The maximum absolute atomic E-state index is 12.7. The van der Waals surface area contributed by atoms with Gasteiger partial charge in [-0.3, -0.25) is 9.69 Å². The molecule has 0 radical (unpaired) electrons. The molecule has 3 atom stereocenters. The van der Waals surface area contributed by atoms with Crippen LogP contribution in [0.3, 0.4) is 0 Å². The predicted molar refractivity (Wildman–Crippen MR) is 96.3 cm³/mol. The molecule has 2 aliphatic rings. The second-order valence-electron chi connectivity index (χ2n) is 6.94. The molecule has 6 heteroatoms. The van der Waals surface area contributed by atoms with Crippen molar-refractivity contribution in [3.8, 4) is 0 Å². The lowest BCUT2D eigenvalue weighted by atomic mass is 10.0. The molecule has 3 rings (SSSR count). The van der Waals surface area contributed by atoms with Crippen LogP contribution < -0.4 is 11.1 Å². The van der Waals surface area contributed by atoms with Crippen LogP contribution in [0.5, 0.6) is 0 Å². The van der Waals surface area contributed by atoms with Crippen molar-refractivity contribution in [3.63, 3.8) is 0 Å². The average molecular weight is 347 g/mol. The maximum Gasteiger partial charge on any atom is 0.249 e. The Morgan fingerprint density at radius 3 is 2.64 bits per heavy atom. The molecule has 2 saturated heterocycles. The van der Waals surface area contributed by atoms with E-state index in [1.807, 2.05) is 0 Å². The molecule has 1 amide bonds. The summed E-state index contributed by atoms with van der Waals surface area (Å²) < 4.78 is 11.2. The van der Waals surface area contributed by atoms with Crippen LogP contribution in [-0.4, -0.2) is 62.4 Å². The smallest absolute Gasteiger partial charge is 0.249 e. The van der Waals surface area contributed by atoms with Crippen LogP contribution in [0.2, 0.25) is 0 Å². The van der Waals surface area contributed by atoms with Gasteiger partial charge in [0.25, 0.3) is 0 Å². The van der Waals surface area contributed by atoms with Crippen molar-refractivity contribution in [2.24, 2.45) is 5.73 Å². The van der Waals surface area contributed by atoms with Gasteiger partial charge < -0.3 is 20.5 Å². The maximum atomic E-state index is 12.7. The summed E-state index contributed by atoms with van der Waals surface area (Å²) in [5.41, 5.74) is 7.99. The molecule has 0 aromatic heterocycles. The fraction of sp³-hybridized carbons (Fsp3) is 0.632. The highest BCUT2D eigenvalue weighted by molar-refractivity contribution is 5.81. The Kier molecular flexibility index (Phi) is 6.42. The molecule has 138 valence electrons. The minimum absolute atomic E-state index is 0.00724. The fourth-order valence-corrected chi connectivity index (χ4v) is 3.41. The van der Waals surface area contributed by atoms with Crippen LogP contribution in [0.1, 0.15) is 30.0 Å². The zero-order chi connectivity index (χ0) is 17.6. The van der Waals surface area contributed by atoms with Crippen molar-refractivity contribution in [3.05, 3.63) is 35.4 Å². The summed E-state index contributed by atoms with van der Waals surface area (Å²) >= 11 is 0. The van der Waals surface area contributed by atoms with E-state index in [2.05, 4.69) is 41.4 Å². The van der Waals surface area contributed by atoms with Crippen LogP contribution in [0.15, 0.2) is 24.3 Å². The van der Waals surface area contributed by atoms with Crippen LogP contribution in [-0.2, 0) is 14.3 Å². The van der Waals surface area contributed by atoms with E-state index < -0.39 is 0 Å². The first kappa shape index (κ1) is 18.3. The second-order valence-corrected chi connectivity index (χ2v) is 6.94. The van der Waals surface area contributed by atoms with Gasteiger partial charge in [0.05, 0.1) is 25.4 Å². The first-order chi connectivity index (χ1) is 12.2. The van der Waals surface area contributed by atoms with Gasteiger partial charge in [-0.1, -0.05) is 29.8 Å². The monoisotopic (exact) mass is 347 g/mol. The normalized spacial score (nSPS) is 25.7. The zero-order valence-electron chi connectivity index (χ0n) is 14.9. The summed E-state index contributed by atoms with van der Waals surface area (Å²) in [6, 6.07) is 8.32. The summed E-state index contributed by atoms with van der Waals surface area (Å²) in [6.07, 6.45) is 1.22. The number of ether oxygens (including phenoxy) is 2. The molecular weight excluding hydrogens is 318 g/mol. The van der Waals surface area contributed by atoms with Gasteiger partial charge in [0, 0.05) is 26.2 Å². The number of carbonyl (C=O) groups is 1. The number of aryl methyl sites for hydroxylation is 1. The predicted octanol–water partition coefficient (Wildman–Crippen LogP) is 0.991. The van der Waals surface area contributed by atoms with Crippen LogP contribution in [0, 0.1) is 6.92 Å². The molecule has 25 heavy (non-hydrogen) atoms. The first-order valence-electron chi connectivity index (χ1n) is 9.18. The molecule has 6 nitrogen and oxygen atoms in total. The number of morpholine rings is 1. The third-order valence-electron chi connectivity index (χ3n) is 5.00. The SMILES string of the molecule is Cc1ccc(C(CN2CCOCC2)NC(=O)[C@@H]2CC[C@H](CN)O2)cc1. The number of hydrogen-bond acceptors (Lipinski definition) is 5. The number of nitrogens with zero attached hydrogens (tertiary/aromatic N) is 1. The van der Waals surface area contributed by atoms with Gasteiger partial charge in [0.2, 0.25) is 5.91 Å². The summed E-state index contributed by atoms with van der Waals surface area (Å²) in [6.45, 7) is 6.61. The van der Waals surface area contributed by atoms with E-state index in [1.165, 1.54) is 5.56 Å². The molecule has 2 fully saturated rings. The molecule has 0 aliphatic carbocycles. The molecule has 2 aliphatic heterocycles. The summed E-state index contributed by atoms with van der Waals surface area (Å²) in [7, 11) is 0. The van der Waals surface area contributed by atoms with Crippen LogP contribution in [0.25, 0.3) is 0 Å². The van der Waals surface area contributed by atoms with Crippen molar-refractivity contribution in [1.29, 1.82) is 0 Å². The molecule has 1 unspecified atom stereocenters. The summed E-state index contributed by atoms with van der Waals surface area (Å²) in [4.78, 5) is 15.0. The highest BCUT2D eigenvalue weighted by atomic mass is 16.5. The van der Waals surface area contributed by atoms with E-state index in [9.17, 15) is 4.79 Å². The lowest BCUT2D eigenvalue weighted by Crippen LogP contribution is -2.45. The van der Waals surface area contributed by atoms with E-state index in [0.29, 0.717) is 6.54 Å². The van der Waals surface area contributed by atoms with E-state index >= 15 is 0 Å². The summed E-state index contributed by atoms with van der Waals surface area (Å²) in [5.74, 6) is -0.0326. The molecule has 2 heterocycles. The van der Waals surface area contributed by atoms with E-state index in [1.54, 1.807) is 0 Å². The molecule has 0 saturated carbocycles. The third kappa shape index (κ3) is 5.01. The van der Waals surface area contributed by atoms with Gasteiger partial charge in [-0.25, -0.2) is 0 Å². The lowest BCUT2D eigenvalue weighted by Gasteiger charge is -2.31. The van der Waals surface area contributed by atoms with E-state index in [-0.39, 0.29) is 24.2 Å². The Bertz CT molecular complexity index is 558. The third-order valence-corrected chi connectivity index (χ3v) is 5.00. The van der Waals surface area contributed by atoms with Crippen molar-refractivity contribution >= 4 is 5.91 Å². The molecular formula is C19H29N3O3. The van der Waals surface area contributed by atoms with Gasteiger partial charge in [-0.05, 0) is 25.3 Å². The molecule has 3 N–H and O–H groups in total. The minimum Gasteiger partial charge on any atom is -0.379 e. The Morgan fingerprint density at radius 1 is 1.28 bits per heavy atom. The number of nitrogens with two attached hydrogens (primary N) is 1. The average Bonchev–Trinajstić information content (AvgIpc) is 3.12. The minimum atomic E-state index is -0.383. The van der Waals surface area contributed by atoms with Crippen LogP contribution in [0.4, 0.5) is 0 Å². The highest BCUT2D eigenvalue weighted by Crippen LogP contribution is 2.21. The number of rotatable bonds is 6. The van der Waals surface area contributed by atoms with E-state index in [4.69, 9.17) is 15.2 Å². The standard InChI is InChI=1S/C19H29N3O3/c1-14-2-4-15(5-3-14)17(13-22-8-10-24-11-9-22)21-19(23)18-7-6-16(12-20)25-18/h2-5,16-18H,6-13,20H2,1H3,(H,21,23)/t16-,17?,18+/m1/s1. The number of amides is 1. The molecule has 0 bridgehead atoms. The zero-order valence-corrected chi connectivity index (χ0v) is 14.9. The van der Waals surface area contributed by atoms with Crippen molar-refractivity contribution in [1.82, 2.24) is 10.2 Å². The highest BCUT2D eigenvalue weighted by Gasteiger charge is 2.31. The Morgan fingerprint density at radius 2 is 2.00 bits per heavy atom. The molecule has 1 aromatic rings. The number of carbonyl (C=O) groups excluding carboxylic acids is 1. The number of hydrogen-bond donors (Lipinski definition) is 2. The Hall–Kier alpha value is -1.47. The van der Waals surface area contributed by atoms with Gasteiger partial charge in [-0.15, -0.1) is 0 Å². The van der Waals surface area contributed by atoms with Crippen molar-refractivity contribution in [2.75, 3.05) is 39.4 Å². The lowest BCUT2D eigenvalue weighted by molar-refractivity contribution is -0.132. The second kappa shape index (κ2) is 8.76. The van der Waals surface area contributed by atoms with Gasteiger partial charge in [0.15, 0.2) is 0 Å². The van der Waals surface area contributed by atoms with Crippen molar-refractivity contribution < 1.29 is 14.3 Å². The van der Waals surface area contributed by atoms with Gasteiger partial charge in [-0.2, -0.15) is 0 Å². The topological polar surface area (TPSA) is 76.8 Å². The number of nitrogens with one attached hydrogen (secondary N) is 1.